The van der Waals surface area contributed by atoms with Crippen molar-refractivity contribution in [1.82, 2.24) is 10.6 Å². The van der Waals surface area contributed by atoms with Gasteiger partial charge in [-0.2, -0.15) is 0 Å². The highest BCUT2D eigenvalue weighted by Gasteiger charge is 2.22. The van der Waals surface area contributed by atoms with Crippen LogP contribution in [-0.2, 0) is 4.79 Å². The van der Waals surface area contributed by atoms with E-state index in [4.69, 9.17) is 0 Å². The maximum Gasteiger partial charge on any atom is 0.251 e. The summed E-state index contributed by atoms with van der Waals surface area (Å²) >= 11 is 0. The topological polar surface area (TPSA) is 58.2 Å². The normalized spacial score (nSPS) is 13.9. The molecule has 2 amide bonds. The lowest BCUT2D eigenvalue weighted by molar-refractivity contribution is -0.121. The summed E-state index contributed by atoms with van der Waals surface area (Å²) in [6.07, 6.45) is 2.69. The zero-order valence-corrected chi connectivity index (χ0v) is 11.2. The number of benzene rings is 1. The highest BCUT2D eigenvalue weighted by Crippen LogP contribution is 2.18. The average molecular weight is 300 g/mol. The highest BCUT2D eigenvalue weighted by molar-refractivity contribution is 5.94. The number of rotatable bonds is 6. The summed E-state index contributed by atoms with van der Waals surface area (Å²) in [5.41, 5.74) is -0.297. The molecule has 0 aliphatic heterocycles. The monoisotopic (exact) mass is 300 g/mol. The predicted molar refractivity (Wildman–Crippen MR) is 69.0 cm³/mol. The summed E-state index contributed by atoms with van der Waals surface area (Å²) in [6.45, 7) is 0.192. The summed E-state index contributed by atoms with van der Waals surface area (Å²) in [5.74, 6) is -5.22. The molecule has 21 heavy (non-hydrogen) atoms. The van der Waals surface area contributed by atoms with Crippen molar-refractivity contribution in [2.75, 3.05) is 6.54 Å². The number of hydrogen-bond acceptors (Lipinski definition) is 2. The molecule has 0 radical (unpaired) electrons. The van der Waals surface area contributed by atoms with Gasteiger partial charge in [-0.15, -0.1) is 0 Å². The van der Waals surface area contributed by atoms with Crippen LogP contribution >= 0.6 is 0 Å². The van der Waals surface area contributed by atoms with E-state index in [-0.39, 0.29) is 30.5 Å². The molecule has 1 saturated carbocycles. The van der Waals surface area contributed by atoms with E-state index >= 15 is 0 Å². The molecule has 2 rings (SSSR count). The molecule has 1 fully saturated rings. The van der Waals surface area contributed by atoms with Gasteiger partial charge in [-0.3, -0.25) is 9.59 Å². The molecule has 0 saturated heterocycles. The molecule has 114 valence electrons. The third kappa shape index (κ3) is 4.47. The Morgan fingerprint density at radius 1 is 1.14 bits per heavy atom. The van der Waals surface area contributed by atoms with Crippen molar-refractivity contribution < 1.29 is 22.8 Å². The summed E-state index contributed by atoms with van der Waals surface area (Å²) in [4.78, 5) is 23.0. The number of nitrogens with one attached hydrogen (secondary N) is 2. The number of carbonyl (C=O) groups excluding carboxylic acids is 2. The van der Waals surface area contributed by atoms with Gasteiger partial charge in [0.2, 0.25) is 5.91 Å². The zero-order valence-electron chi connectivity index (χ0n) is 11.2. The van der Waals surface area contributed by atoms with E-state index in [1.165, 1.54) is 0 Å². The molecule has 0 spiro atoms. The third-order valence-electron chi connectivity index (χ3n) is 3.05. The second-order valence-electron chi connectivity index (χ2n) is 4.96. The molecule has 1 aromatic carbocycles. The minimum atomic E-state index is -1.61. The van der Waals surface area contributed by atoms with Crippen molar-refractivity contribution in [2.24, 2.45) is 0 Å². The van der Waals surface area contributed by atoms with Crippen molar-refractivity contribution in [3.8, 4) is 0 Å². The minimum Gasteiger partial charge on any atom is -0.353 e. The van der Waals surface area contributed by atoms with E-state index in [0.717, 1.165) is 12.8 Å². The first kappa shape index (κ1) is 15.3. The quantitative estimate of drug-likeness (QED) is 0.622. The van der Waals surface area contributed by atoms with E-state index in [0.29, 0.717) is 18.6 Å². The third-order valence-corrected chi connectivity index (χ3v) is 3.05. The fourth-order valence-corrected chi connectivity index (χ4v) is 1.77. The molecular weight excluding hydrogens is 285 g/mol. The zero-order chi connectivity index (χ0) is 15.4. The first-order valence-corrected chi connectivity index (χ1v) is 6.69. The summed E-state index contributed by atoms with van der Waals surface area (Å²) in [7, 11) is 0. The van der Waals surface area contributed by atoms with Crippen LogP contribution in [0.15, 0.2) is 12.1 Å². The van der Waals surface area contributed by atoms with Gasteiger partial charge in [0.05, 0.1) is 0 Å². The van der Waals surface area contributed by atoms with Crippen LogP contribution in [0.1, 0.15) is 36.0 Å². The van der Waals surface area contributed by atoms with Crippen molar-refractivity contribution in [2.45, 2.75) is 31.7 Å². The molecule has 1 aliphatic rings. The molecule has 0 heterocycles. The number of halogens is 3. The molecule has 7 heteroatoms. The van der Waals surface area contributed by atoms with Crippen LogP contribution in [0.4, 0.5) is 13.2 Å². The lowest BCUT2D eigenvalue weighted by Crippen LogP contribution is -2.28. The number of hydrogen-bond donors (Lipinski definition) is 2. The van der Waals surface area contributed by atoms with Gasteiger partial charge in [0.1, 0.15) is 0 Å². The van der Waals surface area contributed by atoms with Crippen LogP contribution in [0.5, 0.6) is 0 Å². The second kappa shape index (κ2) is 6.60. The van der Waals surface area contributed by atoms with E-state index in [1.807, 2.05) is 0 Å². The summed E-state index contributed by atoms with van der Waals surface area (Å²) < 4.78 is 38.7. The predicted octanol–water partition coefficient (Wildman–Crippen LogP) is 1.89. The van der Waals surface area contributed by atoms with Gasteiger partial charge in [0.25, 0.3) is 5.91 Å². The maximum absolute atomic E-state index is 13.0. The number of carbonyl (C=O) groups is 2. The van der Waals surface area contributed by atoms with Gasteiger partial charge >= 0.3 is 0 Å². The van der Waals surface area contributed by atoms with Crippen LogP contribution < -0.4 is 10.6 Å². The fraction of sp³-hybridized carbons (Fsp3) is 0.429. The van der Waals surface area contributed by atoms with E-state index in [1.54, 1.807) is 0 Å². The average Bonchev–Trinajstić information content (AvgIpc) is 3.24. The smallest absolute Gasteiger partial charge is 0.251 e. The molecular formula is C14H15F3N2O2. The largest absolute Gasteiger partial charge is 0.353 e. The first-order chi connectivity index (χ1) is 9.97. The lowest BCUT2D eigenvalue weighted by atomic mass is 10.2. The molecule has 0 atom stereocenters. The van der Waals surface area contributed by atoms with Gasteiger partial charge in [0, 0.05) is 24.6 Å². The molecule has 1 aromatic rings. The Labute approximate surface area is 119 Å². The standard InChI is InChI=1S/C14H15F3N2O2/c15-10-6-8(7-11(16)13(10)17)14(21)18-5-1-2-12(20)19-9-3-4-9/h6-7,9H,1-5H2,(H,18,21)(H,19,20). The minimum absolute atomic E-state index is 0.0781. The molecule has 1 aliphatic carbocycles. The fourth-order valence-electron chi connectivity index (χ4n) is 1.77. The van der Waals surface area contributed by atoms with Gasteiger partial charge in [0.15, 0.2) is 17.5 Å². The van der Waals surface area contributed by atoms with Gasteiger partial charge in [-0.25, -0.2) is 13.2 Å². The van der Waals surface area contributed by atoms with Gasteiger partial charge in [-0.1, -0.05) is 0 Å². The van der Waals surface area contributed by atoms with Crippen molar-refractivity contribution in [1.29, 1.82) is 0 Å². The Bertz CT molecular complexity index is 536. The Morgan fingerprint density at radius 3 is 2.33 bits per heavy atom. The lowest BCUT2D eigenvalue weighted by Gasteiger charge is -2.06. The van der Waals surface area contributed by atoms with Crippen LogP contribution in [0.25, 0.3) is 0 Å². The Balaban J connectivity index is 1.75. The molecule has 0 bridgehead atoms. The first-order valence-electron chi connectivity index (χ1n) is 6.69. The Kier molecular flexibility index (Phi) is 4.82. The van der Waals surface area contributed by atoms with E-state index in [9.17, 15) is 22.8 Å². The van der Waals surface area contributed by atoms with Crippen LogP contribution in [0.2, 0.25) is 0 Å². The van der Waals surface area contributed by atoms with Crippen LogP contribution in [0.3, 0.4) is 0 Å². The van der Waals surface area contributed by atoms with Gasteiger partial charge < -0.3 is 10.6 Å². The Hall–Kier alpha value is -2.05. The SMILES string of the molecule is O=C(CCCNC(=O)c1cc(F)c(F)c(F)c1)NC1CC1. The molecule has 0 unspecified atom stereocenters. The molecule has 4 nitrogen and oxygen atoms in total. The van der Waals surface area contributed by atoms with E-state index < -0.39 is 23.4 Å². The van der Waals surface area contributed by atoms with Gasteiger partial charge in [-0.05, 0) is 31.4 Å². The van der Waals surface area contributed by atoms with Crippen molar-refractivity contribution in [3.05, 3.63) is 35.1 Å². The van der Waals surface area contributed by atoms with Crippen molar-refractivity contribution in [3.63, 3.8) is 0 Å². The van der Waals surface area contributed by atoms with E-state index in [2.05, 4.69) is 10.6 Å². The van der Waals surface area contributed by atoms with Crippen LogP contribution in [0, 0.1) is 17.5 Å². The highest BCUT2D eigenvalue weighted by atomic mass is 19.2. The van der Waals surface area contributed by atoms with Crippen LogP contribution in [-0.4, -0.2) is 24.4 Å². The number of amides is 2. The maximum atomic E-state index is 13.0. The summed E-state index contributed by atoms with van der Waals surface area (Å²) in [5, 5.41) is 5.22. The summed E-state index contributed by atoms with van der Waals surface area (Å²) in [6, 6.07) is 1.55. The Morgan fingerprint density at radius 2 is 1.76 bits per heavy atom. The second-order valence-corrected chi connectivity index (χ2v) is 4.96. The van der Waals surface area contributed by atoms with Crippen molar-refractivity contribution >= 4 is 11.8 Å². The molecule has 2 N–H and O–H groups in total. The molecule has 0 aromatic heterocycles.